The smallest absolute Gasteiger partial charge is 0.306 e. The number of hydrogen-bond acceptors (Lipinski definition) is 4. The fraction of sp³-hybridized carbons (Fsp3) is 0.682. The highest BCUT2D eigenvalue weighted by molar-refractivity contribution is 5.69. The lowest BCUT2D eigenvalue weighted by Crippen LogP contribution is -2.38. The number of hydrogen-bond donors (Lipinski definition) is 1. The number of nitrogens with one attached hydrogen (secondary N) is 1. The van der Waals surface area contributed by atoms with Gasteiger partial charge in [0.05, 0.1) is 0 Å². The lowest BCUT2D eigenvalue weighted by atomic mass is 10.1. The Morgan fingerprint density at radius 1 is 1.15 bits per heavy atom. The maximum atomic E-state index is 11.9. The van der Waals surface area contributed by atoms with Crippen molar-refractivity contribution in [3.05, 3.63) is 35.9 Å². The maximum absolute atomic E-state index is 11.9. The van der Waals surface area contributed by atoms with Gasteiger partial charge in [-0.3, -0.25) is 4.79 Å². The number of ether oxygens (including phenoxy) is 1. The average molecular weight is 361 g/mol. The van der Waals surface area contributed by atoms with Gasteiger partial charge < -0.3 is 15.0 Å². The van der Waals surface area contributed by atoms with E-state index in [1.165, 1.54) is 37.9 Å². The summed E-state index contributed by atoms with van der Waals surface area (Å²) in [6.07, 6.45) is 6.60. The lowest BCUT2D eigenvalue weighted by molar-refractivity contribution is -0.145. The van der Waals surface area contributed by atoms with Gasteiger partial charge in [-0.25, -0.2) is 0 Å². The van der Waals surface area contributed by atoms with Crippen LogP contribution in [-0.2, 0) is 16.0 Å². The molecule has 0 radical (unpaired) electrons. The van der Waals surface area contributed by atoms with E-state index < -0.39 is 0 Å². The Labute approximate surface area is 159 Å². The molecule has 4 heteroatoms. The summed E-state index contributed by atoms with van der Waals surface area (Å²) in [6.45, 7) is 9.17. The first-order chi connectivity index (χ1) is 12.6. The molecule has 0 aromatic heterocycles. The quantitative estimate of drug-likeness (QED) is 0.483. The first-order valence-corrected chi connectivity index (χ1v) is 10.3. The molecule has 1 heterocycles. The third-order valence-electron chi connectivity index (χ3n) is 4.88. The normalized spacial score (nSPS) is 16.6. The highest BCUT2D eigenvalue weighted by Crippen LogP contribution is 2.09. The van der Waals surface area contributed by atoms with Crippen LogP contribution in [0.5, 0.6) is 0 Å². The topological polar surface area (TPSA) is 41.6 Å². The minimum absolute atomic E-state index is 0.0896. The maximum Gasteiger partial charge on any atom is 0.306 e. The van der Waals surface area contributed by atoms with Gasteiger partial charge in [0, 0.05) is 12.5 Å². The van der Waals surface area contributed by atoms with E-state index in [-0.39, 0.29) is 12.0 Å². The number of carbonyl (C=O) groups excluding carboxylic acids is 1. The predicted molar refractivity (Wildman–Crippen MR) is 107 cm³/mol. The standard InChI is InChI=1S/C22H36N2O2/c1-19(2)16-22(25)26-18-21(17-20-10-5-3-6-11-20)23-12-9-15-24-13-7-4-8-14-24/h3,5-6,10-11,19,21,23H,4,7-9,12-18H2,1-2H3. The van der Waals surface area contributed by atoms with Crippen LogP contribution in [0.3, 0.4) is 0 Å². The van der Waals surface area contributed by atoms with Crippen LogP contribution in [0.2, 0.25) is 0 Å². The van der Waals surface area contributed by atoms with Gasteiger partial charge in [0.25, 0.3) is 0 Å². The minimum Gasteiger partial charge on any atom is -0.464 e. The molecule has 1 atom stereocenters. The van der Waals surface area contributed by atoms with E-state index >= 15 is 0 Å². The van der Waals surface area contributed by atoms with Crippen molar-refractivity contribution in [1.29, 1.82) is 0 Å². The Kier molecular flexibility index (Phi) is 9.72. The Hall–Kier alpha value is -1.39. The van der Waals surface area contributed by atoms with Gasteiger partial charge in [-0.2, -0.15) is 0 Å². The van der Waals surface area contributed by atoms with Gasteiger partial charge in [-0.05, 0) is 63.3 Å². The molecule has 2 rings (SSSR count). The summed E-state index contributed by atoms with van der Waals surface area (Å²) < 4.78 is 5.52. The minimum atomic E-state index is -0.0896. The third kappa shape index (κ3) is 8.81. The Bertz CT molecular complexity index is 498. The molecule has 1 aromatic carbocycles. The Morgan fingerprint density at radius 3 is 2.58 bits per heavy atom. The van der Waals surface area contributed by atoms with E-state index in [0.29, 0.717) is 18.9 Å². The molecular formula is C22H36N2O2. The van der Waals surface area contributed by atoms with Crippen LogP contribution in [0.1, 0.15) is 51.5 Å². The van der Waals surface area contributed by atoms with Crippen molar-refractivity contribution >= 4 is 5.97 Å². The molecule has 1 aliphatic heterocycles. The molecule has 1 aromatic rings. The van der Waals surface area contributed by atoms with Crippen molar-refractivity contribution in [3.63, 3.8) is 0 Å². The van der Waals surface area contributed by atoms with Crippen molar-refractivity contribution in [1.82, 2.24) is 10.2 Å². The summed E-state index contributed by atoms with van der Waals surface area (Å²) in [5, 5.41) is 3.61. The molecule has 0 aliphatic carbocycles. The molecule has 0 saturated carbocycles. The van der Waals surface area contributed by atoms with Gasteiger partial charge in [0.1, 0.15) is 6.61 Å². The zero-order valence-corrected chi connectivity index (χ0v) is 16.6. The highest BCUT2D eigenvalue weighted by Gasteiger charge is 2.14. The molecule has 146 valence electrons. The predicted octanol–water partition coefficient (Wildman–Crippen LogP) is 3.65. The van der Waals surface area contributed by atoms with Gasteiger partial charge in [-0.15, -0.1) is 0 Å². The number of rotatable bonds is 11. The third-order valence-corrected chi connectivity index (χ3v) is 4.88. The summed E-state index contributed by atoms with van der Waals surface area (Å²) in [6, 6.07) is 10.6. The SMILES string of the molecule is CC(C)CC(=O)OCC(Cc1ccccc1)NCCCN1CCCCC1. The number of esters is 1. The lowest BCUT2D eigenvalue weighted by Gasteiger charge is -2.27. The van der Waals surface area contributed by atoms with Crippen LogP contribution in [0, 0.1) is 5.92 Å². The van der Waals surface area contributed by atoms with Gasteiger partial charge in [0.15, 0.2) is 0 Å². The molecule has 1 N–H and O–H groups in total. The monoisotopic (exact) mass is 360 g/mol. The molecule has 4 nitrogen and oxygen atoms in total. The molecule has 1 saturated heterocycles. The van der Waals surface area contributed by atoms with Crippen molar-refractivity contribution in [2.75, 3.05) is 32.8 Å². The van der Waals surface area contributed by atoms with E-state index in [4.69, 9.17) is 4.74 Å². The second-order valence-electron chi connectivity index (χ2n) is 7.88. The largest absolute Gasteiger partial charge is 0.464 e. The first kappa shape index (κ1) is 20.9. The molecule has 1 aliphatic rings. The van der Waals surface area contributed by atoms with Crippen molar-refractivity contribution in [2.24, 2.45) is 5.92 Å². The second-order valence-corrected chi connectivity index (χ2v) is 7.88. The Morgan fingerprint density at radius 2 is 1.88 bits per heavy atom. The first-order valence-electron chi connectivity index (χ1n) is 10.3. The van der Waals surface area contributed by atoms with Crippen LogP contribution in [0.4, 0.5) is 0 Å². The fourth-order valence-electron chi connectivity index (χ4n) is 3.47. The molecule has 0 spiro atoms. The van der Waals surface area contributed by atoms with E-state index in [1.807, 2.05) is 19.9 Å². The molecule has 1 unspecified atom stereocenters. The number of likely N-dealkylation sites (tertiary alicyclic amines) is 1. The van der Waals surface area contributed by atoms with Gasteiger partial charge >= 0.3 is 5.97 Å². The van der Waals surface area contributed by atoms with Crippen molar-refractivity contribution < 1.29 is 9.53 Å². The summed E-state index contributed by atoms with van der Waals surface area (Å²) in [4.78, 5) is 14.5. The van der Waals surface area contributed by atoms with Crippen LogP contribution in [0.25, 0.3) is 0 Å². The fourth-order valence-corrected chi connectivity index (χ4v) is 3.47. The van der Waals surface area contributed by atoms with Crippen LogP contribution >= 0.6 is 0 Å². The summed E-state index contributed by atoms with van der Waals surface area (Å²) >= 11 is 0. The van der Waals surface area contributed by atoms with Crippen molar-refractivity contribution in [2.45, 2.75) is 58.4 Å². The summed E-state index contributed by atoms with van der Waals surface area (Å²) in [5.41, 5.74) is 1.28. The van der Waals surface area contributed by atoms with E-state index in [2.05, 4.69) is 34.5 Å². The van der Waals surface area contributed by atoms with E-state index in [0.717, 1.165) is 25.9 Å². The Balaban J connectivity index is 1.74. The van der Waals surface area contributed by atoms with Crippen LogP contribution in [-0.4, -0.2) is 49.7 Å². The van der Waals surface area contributed by atoms with Crippen LogP contribution < -0.4 is 5.32 Å². The molecule has 1 fully saturated rings. The second kappa shape index (κ2) is 12.1. The summed E-state index contributed by atoms with van der Waals surface area (Å²) in [7, 11) is 0. The van der Waals surface area contributed by atoms with E-state index in [9.17, 15) is 4.79 Å². The zero-order chi connectivity index (χ0) is 18.6. The number of piperidine rings is 1. The molecule has 0 amide bonds. The van der Waals surface area contributed by atoms with Crippen molar-refractivity contribution in [3.8, 4) is 0 Å². The van der Waals surface area contributed by atoms with E-state index in [1.54, 1.807) is 0 Å². The molecular weight excluding hydrogens is 324 g/mol. The van der Waals surface area contributed by atoms with Gasteiger partial charge in [-0.1, -0.05) is 50.6 Å². The van der Waals surface area contributed by atoms with Gasteiger partial charge in [0.2, 0.25) is 0 Å². The molecule has 0 bridgehead atoms. The molecule has 26 heavy (non-hydrogen) atoms. The zero-order valence-electron chi connectivity index (χ0n) is 16.6. The summed E-state index contributed by atoms with van der Waals surface area (Å²) in [5.74, 6) is 0.251. The number of benzene rings is 1. The highest BCUT2D eigenvalue weighted by atomic mass is 16.5. The van der Waals surface area contributed by atoms with Crippen LogP contribution in [0.15, 0.2) is 30.3 Å². The number of carbonyl (C=O) groups is 1. The number of nitrogens with zero attached hydrogens (tertiary/aromatic N) is 1. The average Bonchev–Trinajstić information content (AvgIpc) is 2.64.